The zero-order valence-electron chi connectivity index (χ0n) is 20.2. The third kappa shape index (κ3) is 4.88. The molecular weight excluding hydrogens is 518 g/mol. The Hall–Kier alpha value is -3.58. The monoisotopic (exact) mass is 545 g/mol. The molecule has 1 fully saturated rings. The van der Waals surface area contributed by atoms with Gasteiger partial charge in [-0.05, 0) is 54.4 Å². The topological polar surface area (TPSA) is 56.6 Å². The quantitative estimate of drug-likeness (QED) is 0.237. The molecule has 5 rings (SSSR count). The Morgan fingerprint density at radius 3 is 2.78 bits per heavy atom. The summed E-state index contributed by atoms with van der Waals surface area (Å²) in [6.45, 7) is 5.45. The van der Waals surface area contributed by atoms with E-state index in [1.165, 1.54) is 0 Å². The van der Waals surface area contributed by atoms with Crippen LogP contribution >= 0.6 is 15.9 Å². The van der Waals surface area contributed by atoms with Crippen LogP contribution in [0, 0.1) is 0 Å². The molecule has 1 atom stereocenters. The molecule has 184 valence electrons. The SMILES string of the molecule is C=CCc1ccc(OCCn2c(C3CC(=O)N(c4cccc(Br)c4)C3)nc3ccccc32)c(OC)c1. The van der Waals surface area contributed by atoms with E-state index >= 15 is 0 Å². The molecule has 1 aliphatic heterocycles. The molecule has 1 amide bonds. The molecule has 2 heterocycles. The number of hydrogen-bond acceptors (Lipinski definition) is 4. The first-order valence-corrected chi connectivity index (χ1v) is 12.8. The van der Waals surface area contributed by atoms with Crippen molar-refractivity contribution in [1.82, 2.24) is 9.55 Å². The van der Waals surface area contributed by atoms with Crippen LogP contribution < -0.4 is 14.4 Å². The lowest BCUT2D eigenvalue weighted by molar-refractivity contribution is -0.117. The van der Waals surface area contributed by atoms with Gasteiger partial charge in [-0.15, -0.1) is 6.58 Å². The van der Waals surface area contributed by atoms with Gasteiger partial charge in [-0.2, -0.15) is 0 Å². The zero-order chi connectivity index (χ0) is 25.1. The number of nitrogens with zero attached hydrogens (tertiary/aromatic N) is 3. The molecule has 0 bridgehead atoms. The first-order valence-electron chi connectivity index (χ1n) is 12.0. The second-order valence-electron chi connectivity index (χ2n) is 8.82. The van der Waals surface area contributed by atoms with E-state index in [0.717, 1.165) is 39.0 Å². The van der Waals surface area contributed by atoms with Gasteiger partial charge >= 0.3 is 0 Å². The molecule has 4 aromatic rings. The van der Waals surface area contributed by atoms with Crippen LogP contribution in [0.3, 0.4) is 0 Å². The summed E-state index contributed by atoms with van der Waals surface area (Å²) in [5.74, 6) is 2.43. The van der Waals surface area contributed by atoms with Crippen LogP contribution in [0.2, 0.25) is 0 Å². The smallest absolute Gasteiger partial charge is 0.227 e. The van der Waals surface area contributed by atoms with Gasteiger partial charge in [-0.1, -0.05) is 46.3 Å². The number of anilines is 1. The summed E-state index contributed by atoms with van der Waals surface area (Å²) >= 11 is 3.51. The minimum Gasteiger partial charge on any atom is -0.493 e. The zero-order valence-corrected chi connectivity index (χ0v) is 21.8. The van der Waals surface area contributed by atoms with E-state index in [1.807, 2.05) is 71.6 Å². The van der Waals surface area contributed by atoms with Gasteiger partial charge in [0.25, 0.3) is 0 Å². The van der Waals surface area contributed by atoms with Gasteiger partial charge in [0.15, 0.2) is 11.5 Å². The molecule has 1 aromatic heterocycles. The molecule has 1 aliphatic rings. The summed E-state index contributed by atoms with van der Waals surface area (Å²) in [7, 11) is 1.65. The third-order valence-corrected chi connectivity index (χ3v) is 6.97. The number of fused-ring (bicyclic) bond motifs is 1. The Morgan fingerprint density at radius 2 is 1.97 bits per heavy atom. The minimum atomic E-state index is -0.00314. The number of imidazole rings is 1. The number of amides is 1. The number of carbonyl (C=O) groups excluding carboxylic acids is 1. The maximum atomic E-state index is 13.0. The maximum Gasteiger partial charge on any atom is 0.227 e. The Kier molecular flexibility index (Phi) is 7.09. The molecule has 7 heteroatoms. The van der Waals surface area contributed by atoms with Gasteiger partial charge in [0, 0.05) is 29.0 Å². The van der Waals surface area contributed by atoms with Crippen LogP contribution in [0.5, 0.6) is 11.5 Å². The fourth-order valence-electron chi connectivity index (χ4n) is 4.79. The molecular formula is C29H28BrN3O3. The highest BCUT2D eigenvalue weighted by atomic mass is 79.9. The molecule has 36 heavy (non-hydrogen) atoms. The molecule has 0 radical (unpaired) electrons. The van der Waals surface area contributed by atoms with Crippen molar-refractivity contribution < 1.29 is 14.3 Å². The van der Waals surface area contributed by atoms with E-state index in [0.29, 0.717) is 37.6 Å². The highest BCUT2D eigenvalue weighted by Gasteiger charge is 2.35. The molecule has 0 aliphatic carbocycles. The van der Waals surface area contributed by atoms with Crippen LogP contribution in [0.25, 0.3) is 11.0 Å². The van der Waals surface area contributed by atoms with E-state index in [1.54, 1.807) is 7.11 Å². The molecule has 6 nitrogen and oxygen atoms in total. The third-order valence-electron chi connectivity index (χ3n) is 6.47. The number of rotatable bonds is 9. The van der Waals surface area contributed by atoms with Gasteiger partial charge in [-0.25, -0.2) is 4.98 Å². The molecule has 1 unspecified atom stereocenters. The fourth-order valence-corrected chi connectivity index (χ4v) is 5.17. The van der Waals surface area contributed by atoms with Crippen molar-refractivity contribution in [3.63, 3.8) is 0 Å². The van der Waals surface area contributed by atoms with Crippen LogP contribution in [0.4, 0.5) is 5.69 Å². The second-order valence-corrected chi connectivity index (χ2v) is 9.74. The number of halogens is 1. The molecule has 0 saturated carbocycles. The van der Waals surface area contributed by atoms with E-state index in [9.17, 15) is 4.79 Å². The lowest BCUT2D eigenvalue weighted by Crippen LogP contribution is -2.24. The largest absolute Gasteiger partial charge is 0.493 e. The minimum absolute atomic E-state index is 0.00314. The number of ether oxygens (including phenoxy) is 2. The number of para-hydroxylation sites is 2. The van der Waals surface area contributed by atoms with Crippen molar-refractivity contribution in [2.75, 3.05) is 25.2 Å². The lowest BCUT2D eigenvalue weighted by Gasteiger charge is -2.18. The number of methoxy groups -OCH3 is 1. The maximum absolute atomic E-state index is 13.0. The van der Waals surface area contributed by atoms with Gasteiger partial charge < -0.3 is 18.9 Å². The predicted octanol–water partition coefficient (Wildman–Crippen LogP) is 6.14. The van der Waals surface area contributed by atoms with E-state index in [-0.39, 0.29) is 11.8 Å². The van der Waals surface area contributed by atoms with Gasteiger partial charge in [0.1, 0.15) is 12.4 Å². The fraction of sp³-hybridized carbons (Fsp3) is 0.241. The second kappa shape index (κ2) is 10.6. The number of benzene rings is 3. The summed E-state index contributed by atoms with van der Waals surface area (Å²) in [4.78, 5) is 19.8. The Bertz CT molecular complexity index is 1410. The molecule has 0 N–H and O–H groups in total. The van der Waals surface area contributed by atoms with Crippen LogP contribution in [-0.4, -0.2) is 35.7 Å². The first kappa shape index (κ1) is 24.1. The number of aromatic nitrogens is 2. The molecule has 1 saturated heterocycles. The summed E-state index contributed by atoms with van der Waals surface area (Å²) in [5.41, 5.74) is 3.98. The van der Waals surface area contributed by atoms with Crippen LogP contribution in [0.1, 0.15) is 23.7 Å². The first-order chi connectivity index (χ1) is 17.6. The van der Waals surface area contributed by atoms with E-state index < -0.39 is 0 Å². The molecule has 0 spiro atoms. The van der Waals surface area contributed by atoms with Crippen molar-refractivity contribution in [2.45, 2.75) is 25.3 Å². The van der Waals surface area contributed by atoms with Crippen LogP contribution in [-0.2, 0) is 17.8 Å². The normalized spacial score (nSPS) is 15.4. The van der Waals surface area contributed by atoms with Crippen molar-refractivity contribution in [3.05, 3.63) is 95.2 Å². The van der Waals surface area contributed by atoms with Crippen molar-refractivity contribution in [3.8, 4) is 11.5 Å². The van der Waals surface area contributed by atoms with E-state index in [4.69, 9.17) is 14.5 Å². The Labute approximate surface area is 219 Å². The lowest BCUT2D eigenvalue weighted by atomic mass is 10.1. The van der Waals surface area contributed by atoms with Crippen LogP contribution in [0.15, 0.2) is 83.9 Å². The molecule has 3 aromatic carbocycles. The highest BCUT2D eigenvalue weighted by molar-refractivity contribution is 9.10. The predicted molar refractivity (Wildman–Crippen MR) is 146 cm³/mol. The highest BCUT2D eigenvalue weighted by Crippen LogP contribution is 2.34. The van der Waals surface area contributed by atoms with Gasteiger partial charge in [0.05, 0.1) is 24.7 Å². The standard InChI is InChI=1S/C29H28BrN3O3/c1-3-7-20-12-13-26(27(16-20)35-2)36-15-14-32-25-11-5-4-10-24(25)31-29(32)21-17-28(34)33(19-21)23-9-6-8-22(30)18-23/h3-6,8-13,16,18,21H,1,7,14-15,17,19H2,2H3. The average Bonchev–Trinajstić information content (AvgIpc) is 3.45. The van der Waals surface area contributed by atoms with Gasteiger partial charge in [-0.3, -0.25) is 4.79 Å². The average molecular weight is 546 g/mol. The van der Waals surface area contributed by atoms with Crippen molar-refractivity contribution >= 4 is 38.6 Å². The summed E-state index contributed by atoms with van der Waals surface area (Å²) < 4.78 is 14.8. The number of hydrogen-bond donors (Lipinski definition) is 0. The summed E-state index contributed by atoms with van der Waals surface area (Å²) in [5, 5.41) is 0. The number of allylic oxidation sites excluding steroid dienone is 1. The number of carbonyl (C=O) groups is 1. The van der Waals surface area contributed by atoms with Gasteiger partial charge in [0.2, 0.25) is 5.91 Å². The van der Waals surface area contributed by atoms with Crippen molar-refractivity contribution in [2.24, 2.45) is 0 Å². The Balaban J connectivity index is 1.38. The summed E-state index contributed by atoms with van der Waals surface area (Å²) in [6.07, 6.45) is 3.07. The Morgan fingerprint density at radius 1 is 1.11 bits per heavy atom. The summed E-state index contributed by atoms with van der Waals surface area (Å²) in [6, 6.07) is 21.9. The van der Waals surface area contributed by atoms with Crippen molar-refractivity contribution in [1.29, 1.82) is 0 Å². The van der Waals surface area contributed by atoms with E-state index in [2.05, 4.69) is 33.1 Å².